The van der Waals surface area contributed by atoms with Crippen molar-refractivity contribution in [3.63, 3.8) is 0 Å². The summed E-state index contributed by atoms with van der Waals surface area (Å²) in [5, 5.41) is 7.10. The highest BCUT2D eigenvalue weighted by molar-refractivity contribution is 5.92. The van der Waals surface area contributed by atoms with Gasteiger partial charge in [-0.15, -0.1) is 0 Å². The Hall–Kier alpha value is -1.36. The van der Waals surface area contributed by atoms with Gasteiger partial charge < -0.3 is 11.1 Å². The lowest BCUT2D eigenvalue weighted by Crippen LogP contribution is -2.31. The number of hydrogen-bond donors (Lipinski definition) is 2. The summed E-state index contributed by atoms with van der Waals surface area (Å²) in [7, 11) is 1.78. The monoisotopic (exact) mass is 238 g/mol. The van der Waals surface area contributed by atoms with Gasteiger partial charge in [-0.1, -0.05) is 13.8 Å². The van der Waals surface area contributed by atoms with Gasteiger partial charge in [0.25, 0.3) is 5.91 Å². The van der Waals surface area contributed by atoms with E-state index >= 15 is 0 Å². The Kier molecular flexibility index (Phi) is 5.15. The molecule has 1 aromatic rings. The molecule has 1 atom stereocenters. The Labute approximate surface area is 102 Å². The number of nitrogens with two attached hydrogens (primary N) is 1. The third-order valence-corrected chi connectivity index (χ3v) is 2.85. The van der Waals surface area contributed by atoms with E-state index in [-0.39, 0.29) is 11.9 Å². The van der Waals surface area contributed by atoms with Gasteiger partial charge in [0.05, 0.1) is 5.69 Å². The number of amides is 1. The zero-order chi connectivity index (χ0) is 12.8. The number of rotatable bonds is 6. The van der Waals surface area contributed by atoms with Gasteiger partial charge >= 0.3 is 0 Å². The van der Waals surface area contributed by atoms with Crippen LogP contribution in [0.25, 0.3) is 0 Å². The van der Waals surface area contributed by atoms with Crippen LogP contribution >= 0.6 is 0 Å². The molecular formula is C12H22N4O. The normalized spacial score (nSPS) is 12.5. The average molecular weight is 238 g/mol. The molecule has 0 aliphatic heterocycles. The van der Waals surface area contributed by atoms with Crippen molar-refractivity contribution >= 4 is 5.91 Å². The van der Waals surface area contributed by atoms with Crippen molar-refractivity contribution in [2.24, 2.45) is 12.8 Å². The fraction of sp³-hybridized carbons (Fsp3) is 0.667. The lowest BCUT2D eigenvalue weighted by molar-refractivity contribution is 0.0943. The van der Waals surface area contributed by atoms with Crippen molar-refractivity contribution in [3.05, 3.63) is 17.5 Å². The summed E-state index contributed by atoms with van der Waals surface area (Å²) in [5.41, 5.74) is 7.32. The fourth-order valence-corrected chi connectivity index (χ4v) is 1.58. The summed E-state index contributed by atoms with van der Waals surface area (Å²) in [6.07, 6.45) is 2.57. The van der Waals surface area contributed by atoms with E-state index in [2.05, 4.69) is 10.4 Å². The molecule has 0 aliphatic carbocycles. The lowest BCUT2D eigenvalue weighted by atomic mass is 10.2. The van der Waals surface area contributed by atoms with Crippen LogP contribution in [0.2, 0.25) is 0 Å². The Morgan fingerprint density at radius 2 is 2.29 bits per heavy atom. The molecule has 0 saturated carbocycles. The number of carbonyl (C=O) groups excluding carboxylic acids is 1. The summed E-state index contributed by atoms with van der Waals surface area (Å²) in [6, 6.07) is 1.99. The molecular weight excluding hydrogens is 216 g/mol. The summed E-state index contributed by atoms with van der Waals surface area (Å²) in [5.74, 6) is -0.0806. The van der Waals surface area contributed by atoms with Gasteiger partial charge in [0.2, 0.25) is 0 Å². The van der Waals surface area contributed by atoms with Crippen molar-refractivity contribution in [3.8, 4) is 0 Å². The van der Waals surface area contributed by atoms with Gasteiger partial charge in [-0.3, -0.25) is 9.48 Å². The molecule has 1 aromatic heterocycles. The smallest absolute Gasteiger partial charge is 0.269 e. The molecule has 5 nitrogen and oxygen atoms in total. The third kappa shape index (κ3) is 3.85. The number of nitrogens with zero attached hydrogens (tertiary/aromatic N) is 2. The highest BCUT2D eigenvalue weighted by Crippen LogP contribution is 2.03. The van der Waals surface area contributed by atoms with E-state index in [4.69, 9.17) is 5.73 Å². The number of aryl methyl sites for hydroxylation is 2. The van der Waals surface area contributed by atoms with Crippen LogP contribution in [0.4, 0.5) is 0 Å². The standard InChI is InChI=1S/C12H22N4O/c1-4-9(13)6-7-14-12(17)11-8-10(5-2)15-16(11)3/h8-9H,4-7,13H2,1-3H3,(H,14,17). The maximum Gasteiger partial charge on any atom is 0.269 e. The molecule has 1 unspecified atom stereocenters. The van der Waals surface area contributed by atoms with E-state index in [9.17, 15) is 4.79 Å². The van der Waals surface area contributed by atoms with Crippen LogP contribution in [0.3, 0.4) is 0 Å². The second-order valence-electron chi connectivity index (χ2n) is 4.21. The average Bonchev–Trinajstić information content (AvgIpc) is 2.70. The van der Waals surface area contributed by atoms with E-state index < -0.39 is 0 Å². The van der Waals surface area contributed by atoms with Crippen molar-refractivity contribution in [1.29, 1.82) is 0 Å². The van der Waals surface area contributed by atoms with E-state index in [1.54, 1.807) is 11.7 Å². The summed E-state index contributed by atoms with van der Waals surface area (Å²) in [6.45, 7) is 4.67. The van der Waals surface area contributed by atoms with Gasteiger partial charge in [0, 0.05) is 19.6 Å². The number of nitrogens with one attached hydrogen (secondary N) is 1. The summed E-state index contributed by atoms with van der Waals surface area (Å²) >= 11 is 0. The topological polar surface area (TPSA) is 72.9 Å². The molecule has 0 saturated heterocycles. The molecule has 5 heteroatoms. The van der Waals surface area contributed by atoms with Crippen LogP contribution in [0, 0.1) is 0 Å². The maximum absolute atomic E-state index is 11.9. The maximum atomic E-state index is 11.9. The predicted molar refractivity (Wildman–Crippen MR) is 67.8 cm³/mol. The van der Waals surface area contributed by atoms with E-state index in [0.29, 0.717) is 12.2 Å². The van der Waals surface area contributed by atoms with Crippen LogP contribution in [0.1, 0.15) is 42.9 Å². The largest absolute Gasteiger partial charge is 0.351 e. The van der Waals surface area contributed by atoms with Gasteiger partial charge in [0.15, 0.2) is 0 Å². The molecule has 0 aromatic carbocycles. The van der Waals surface area contributed by atoms with Crippen LogP contribution in [-0.4, -0.2) is 28.3 Å². The Morgan fingerprint density at radius 3 is 2.82 bits per heavy atom. The zero-order valence-electron chi connectivity index (χ0n) is 10.9. The first-order valence-corrected chi connectivity index (χ1v) is 6.15. The van der Waals surface area contributed by atoms with E-state index in [0.717, 1.165) is 25.0 Å². The second-order valence-corrected chi connectivity index (χ2v) is 4.21. The minimum atomic E-state index is -0.0806. The lowest BCUT2D eigenvalue weighted by Gasteiger charge is -2.09. The molecule has 17 heavy (non-hydrogen) atoms. The molecule has 0 fully saturated rings. The Balaban J connectivity index is 2.49. The fourth-order valence-electron chi connectivity index (χ4n) is 1.58. The van der Waals surface area contributed by atoms with E-state index in [1.165, 1.54) is 0 Å². The van der Waals surface area contributed by atoms with Crippen molar-refractivity contribution < 1.29 is 4.79 Å². The highest BCUT2D eigenvalue weighted by Gasteiger charge is 2.12. The number of hydrogen-bond acceptors (Lipinski definition) is 3. The molecule has 0 radical (unpaired) electrons. The second kappa shape index (κ2) is 6.39. The van der Waals surface area contributed by atoms with Crippen LogP contribution < -0.4 is 11.1 Å². The zero-order valence-corrected chi connectivity index (χ0v) is 10.9. The van der Waals surface area contributed by atoms with E-state index in [1.807, 2.05) is 19.9 Å². The predicted octanol–water partition coefficient (Wildman–Crippen LogP) is 0.840. The molecule has 0 aliphatic rings. The first kappa shape index (κ1) is 13.7. The molecule has 3 N–H and O–H groups in total. The molecule has 0 bridgehead atoms. The van der Waals surface area contributed by atoms with Gasteiger partial charge in [0.1, 0.15) is 5.69 Å². The molecule has 1 heterocycles. The first-order valence-electron chi connectivity index (χ1n) is 6.15. The van der Waals surface area contributed by atoms with Crippen LogP contribution in [0.15, 0.2) is 6.07 Å². The summed E-state index contributed by atoms with van der Waals surface area (Å²) in [4.78, 5) is 11.9. The first-order chi connectivity index (χ1) is 8.08. The Morgan fingerprint density at radius 1 is 1.59 bits per heavy atom. The molecule has 1 amide bonds. The molecule has 96 valence electrons. The van der Waals surface area contributed by atoms with Crippen LogP contribution in [-0.2, 0) is 13.5 Å². The van der Waals surface area contributed by atoms with Gasteiger partial charge in [-0.2, -0.15) is 5.10 Å². The van der Waals surface area contributed by atoms with Gasteiger partial charge in [-0.25, -0.2) is 0 Å². The van der Waals surface area contributed by atoms with Crippen molar-refractivity contribution in [2.45, 2.75) is 39.2 Å². The quantitative estimate of drug-likeness (QED) is 0.771. The molecule has 0 spiro atoms. The van der Waals surface area contributed by atoms with Gasteiger partial charge in [-0.05, 0) is 25.3 Å². The summed E-state index contributed by atoms with van der Waals surface area (Å²) < 4.78 is 1.62. The van der Waals surface area contributed by atoms with Crippen molar-refractivity contribution in [2.75, 3.05) is 6.54 Å². The molecule has 1 rings (SSSR count). The number of carbonyl (C=O) groups is 1. The highest BCUT2D eigenvalue weighted by atomic mass is 16.2. The number of aromatic nitrogens is 2. The minimum absolute atomic E-state index is 0.0806. The SMILES string of the molecule is CCc1cc(C(=O)NCCC(N)CC)n(C)n1. The Bertz CT molecular complexity index is 373. The minimum Gasteiger partial charge on any atom is -0.351 e. The van der Waals surface area contributed by atoms with Crippen LogP contribution in [0.5, 0.6) is 0 Å². The van der Waals surface area contributed by atoms with Crippen molar-refractivity contribution in [1.82, 2.24) is 15.1 Å². The third-order valence-electron chi connectivity index (χ3n) is 2.85.